The first-order valence-electron chi connectivity index (χ1n) is 6.24. The van der Waals surface area contributed by atoms with Crippen LogP contribution in [0.2, 0.25) is 0 Å². The second-order valence-electron chi connectivity index (χ2n) is 4.46. The third-order valence-corrected chi connectivity index (χ3v) is 3.38. The first-order valence-corrected chi connectivity index (χ1v) is 7.03. The van der Waals surface area contributed by atoms with E-state index in [0.29, 0.717) is 25.0 Å². The summed E-state index contributed by atoms with van der Waals surface area (Å²) >= 11 is 3.30. The number of halogens is 1. The van der Waals surface area contributed by atoms with Crippen molar-refractivity contribution in [2.45, 2.75) is 25.8 Å². The van der Waals surface area contributed by atoms with E-state index in [1.807, 2.05) is 13.0 Å². The Kier molecular flexibility index (Phi) is 6.67. The molecular formula is C14H18BrNO4. The van der Waals surface area contributed by atoms with Crippen LogP contribution in [0.3, 0.4) is 0 Å². The van der Waals surface area contributed by atoms with Crippen molar-refractivity contribution < 1.29 is 19.4 Å². The van der Waals surface area contributed by atoms with Crippen LogP contribution < -0.4 is 5.32 Å². The zero-order valence-corrected chi connectivity index (χ0v) is 13.1. The number of carboxylic acids is 1. The fourth-order valence-electron chi connectivity index (χ4n) is 1.76. The fourth-order valence-corrected chi connectivity index (χ4v) is 2.13. The molecule has 2 N–H and O–H groups in total. The van der Waals surface area contributed by atoms with Gasteiger partial charge in [0.15, 0.2) is 0 Å². The van der Waals surface area contributed by atoms with E-state index >= 15 is 0 Å². The quantitative estimate of drug-likeness (QED) is 0.745. The lowest BCUT2D eigenvalue weighted by Crippen LogP contribution is -2.41. The molecule has 6 heteroatoms. The maximum atomic E-state index is 12.1. The van der Waals surface area contributed by atoms with Gasteiger partial charge in [0.2, 0.25) is 0 Å². The van der Waals surface area contributed by atoms with E-state index in [4.69, 9.17) is 9.84 Å². The molecule has 0 spiro atoms. The molecule has 0 aliphatic heterocycles. The average Bonchev–Trinajstić information content (AvgIpc) is 2.40. The van der Waals surface area contributed by atoms with Crippen LogP contribution in [0.4, 0.5) is 0 Å². The minimum absolute atomic E-state index is 0.335. The highest BCUT2D eigenvalue weighted by atomic mass is 79.9. The van der Waals surface area contributed by atoms with Crippen molar-refractivity contribution in [1.29, 1.82) is 0 Å². The molecule has 0 heterocycles. The highest BCUT2D eigenvalue weighted by Crippen LogP contribution is 2.16. The molecule has 0 saturated carbocycles. The Morgan fingerprint density at radius 1 is 1.45 bits per heavy atom. The van der Waals surface area contributed by atoms with Crippen molar-refractivity contribution in [3.05, 3.63) is 33.8 Å². The van der Waals surface area contributed by atoms with Gasteiger partial charge in [-0.1, -0.05) is 22.0 Å². The number of hydrogen-bond acceptors (Lipinski definition) is 3. The highest BCUT2D eigenvalue weighted by Gasteiger charge is 2.21. The van der Waals surface area contributed by atoms with Gasteiger partial charge in [-0.15, -0.1) is 0 Å². The van der Waals surface area contributed by atoms with Gasteiger partial charge in [-0.25, -0.2) is 4.79 Å². The summed E-state index contributed by atoms with van der Waals surface area (Å²) in [5.74, 6) is -1.42. The average molecular weight is 344 g/mol. The summed E-state index contributed by atoms with van der Waals surface area (Å²) in [5, 5.41) is 11.7. The number of methoxy groups -OCH3 is 1. The second kappa shape index (κ2) is 8.01. The van der Waals surface area contributed by atoms with Crippen LogP contribution in [0, 0.1) is 6.92 Å². The minimum atomic E-state index is -1.04. The Labute approximate surface area is 126 Å². The van der Waals surface area contributed by atoms with Crippen LogP contribution in [0.1, 0.15) is 28.8 Å². The monoisotopic (exact) mass is 343 g/mol. The molecule has 1 rings (SSSR count). The summed E-state index contributed by atoms with van der Waals surface area (Å²) in [6.45, 7) is 2.28. The summed E-state index contributed by atoms with van der Waals surface area (Å²) in [6.07, 6.45) is 0.910. The number of carbonyl (C=O) groups excluding carboxylic acids is 1. The van der Waals surface area contributed by atoms with Crippen LogP contribution in [-0.4, -0.2) is 36.7 Å². The first-order chi connectivity index (χ1) is 9.45. The molecular weight excluding hydrogens is 326 g/mol. The van der Waals surface area contributed by atoms with E-state index in [1.54, 1.807) is 19.2 Å². The lowest BCUT2D eigenvalue weighted by molar-refractivity contribution is -0.139. The third kappa shape index (κ3) is 4.94. The largest absolute Gasteiger partial charge is 0.480 e. The van der Waals surface area contributed by atoms with Gasteiger partial charge in [0, 0.05) is 23.8 Å². The zero-order chi connectivity index (χ0) is 15.1. The summed E-state index contributed by atoms with van der Waals surface area (Å²) in [7, 11) is 1.55. The number of carboxylic acid groups (broad SMARTS) is 1. The number of hydrogen-bond donors (Lipinski definition) is 2. The lowest BCUT2D eigenvalue weighted by atomic mass is 10.1. The number of amides is 1. The molecule has 1 aromatic carbocycles. The molecule has 1 unspecified atom stereocenters. The van der Waals surface area contributed by atoms with E-state index in [1.165, 1.54) is 0 Å². The Bertz CT molecular complexity index is 490. The molecule has 0 bridgehead atoms. The van der Waals surface area contributed by atoms with Crippen molar-refractivity contribution in [2.75, 3.05) is 13.7 Å². The molecule has 0 aliphatic carbocycles. The van der Waals surface area contributed by atoms with Crippen molar-refractivity contribution >= 4 is 27.8 Å². The summed E-state index contributed by atoms with van der Waals surface area (Å²) in [6, 6.07) is 4.41. The Hall–Kier alpha value is -1.40. The summed E-state index contributed by atoms with van der Waals surface area (Å²) < 4.78 is 5.66. The number of rotatable bonds is 7. The Balaban J connectivity index is 2.75. The molecule has 0 saturated heterocycles. The standard InChI is InChI=1S/C14H18BrNO4/c1-9-5-6-10(15)8-11(9)13(17)16-12(14(18)19)4-3-7-20-2/h5-6,8,12H,3-4,7H2,1-2H3,(H,16,17)(H,18,19). The molecule has 1 amide bonds. The first kappa shape index (κ1) is 16.7. The molecule has 0 aromatic heterocycles. The van der Waals surface area contributed by atoms with Crippen LogP contribution in [0.25, 0.3) is 0 Å². The second-order valence-corrected chi connectivity index (χ2v) is 5.37. The Morgan fingerprint density at radius 3 is 2.75 bits per heavy atom. The summed E-state index contributed by atoms with van der Waals surface area (Å²) in [5.41, 5.74) is 1.27. The Morgan fingerprint density at radius 2 is 2.15 bits per heavy atom. The van der Waals surface area contributed by atoms with E-state index in [0.717, 1.165) is 10.0 Å². The zero-order valence-electron chi connectivity index (χ0n) is 11.5. The van der Waals surface area contributed by atoms with Gasteiger partial charge in [0.05, 0.1) is 0 Å². The number of benzene rings is 1. The maximum Gasteiger partial charge on any atom is 0.326 e. The van der Waals surface area contributed by atoms with Crippen molar-refractivity contribution in [3.8, 4) is 0 Å². The van der Waals surface area contributed by atoms with Crippen molar-refractivity contribution in [1.82, 2.24) is 5.32 Å². The molecule has 20 heavy (non-hydrogen) atoms. The molecule has 0 radical (unpaired) electrons. The normalized spacial score (nSPS) is 11.9. The van der Waals surface area contributed by atoms with Gasteiger partial charge in [0.1, 0.15) is 6.04 Å². The van der Waals surface area contributed by atoms with Crippen LogP contribution in [0.5, 0.6) is 0 Å². The molecule has 1 aromatic rings. The maximum absolute atomic E-state index is 12.1. The minimum Gasteiger partial charge on any atom is -0.480 e. The van der Waals surface area contributed by atoms with Crippen molar-refractivity contribution in [2.24, 2.45) is 0 Å². The van der Waals surface area contributed by atoms with Crippen LogP contribution >= 0.6 is 15.9 Å². The molecule has 1 atom stereocenters. The highest BCUT2D eigenvalue weighted by molar-refractivity contribution is 9.10. The number of carbonyl (C=O) groups is 2. The number of aliphatic carboxylic acids is 1. The number of nitrogens with one attached hydrogen (secondary N) is 1. The van der Waals surface area contributed by atoms with E-state index in [9.17, 15) is 9.59 Å². The van der Waals surface area contributed by atoms with E-state index in [-0.39, 0.29) is 5.91 Å². The van der Waals surface area contributed by atoms with Gasteiger partial charge in [0.25, 0.3) is 5.91 Å². The molecule has 0 aliphatic rings. The molecule has 5 nitrogen and oxygen atoms in total. The summed E-state index contributed by atoms with van der Waals surface area (Å²) in [4.78, 5) is 23.3. The number of aryl methyl sites for hydroxylation is 1. The van der Waals surface area contributed by atoms with Gasteiger partial charge >= 0.3 is 5.97 Å². The number of ether oxygens (including phenoxy) is 1. The van der Waals surface area contributed by atoms with Gasteiger partial charge in [-0.2, -0.15) is 0 Å². The molecule has 0 fully saturated rings. The van der Waals surface area contributed by atoms with Gasteiger partial charge in [-0.05, 0) is 37.5 Å². The van der Waals surface area contributed by atoms with Gasteiger partial charge in [-0.3, -0.25) is 4.79 Å². The van der Waals surface area contributed by atoms with Crippen LogP contribution in [-0.2, 0) is 9.53 Å². The van der Waals surface area contributed by atoms with E-state index in [2.05, 4.69) is 21.2 Å². The predicted octanol–water partition coefficient (Wildman–Crippen LogP) is 2.37. The predicted molar refractivity (Wildman–Crippen MR) is 78.9 cm³/mol. The van der Waals surface area contributed by atoms with E-state index < -0.39 is 12.0 Å². The SMILES string of the molecule is COCCCC(NC(=O)c1cc(Br)ccc1C)C(=O)O. The van der Waals surface area contributed by atoms with Gasteiger partial charge < -0.3 is 15.2 Å². The fraction of sp³-hybridized carbons (Fsp3) is 0.429. The smallest absolute Gasteiger partial charge is 0.326 e. The third-order valence-electron chi connectivity index (χ3n) is 2.89. The molecule has 110 valence electrons. The lowest BCUT2D eigenvalue weighted by Gasteiger charge is -2.15. The van der Waals surface area contributed by atoms with Crippen LogP contribution in [0.15, 0.2) is 22.7 Å². The van der Waals surface area contributed by atoms with Crippen molar-refractivity contribution in [3.63, 3.8) is 0 Å². The topological polar surface area (TPSA) is 75.6 Å².